The molecule has 0 saturated heterocycles. The van der Waals surface area contributed by atoms with E-state index in [2.05, 4.69) is 10.1 Å². The van der Waals surface area contributed by atoms with Crippen LogP contribution >= 0.6 is 0 Å². The molecule has 0 atom stereocenters. The van der Waals surface area contributed by atoms with Crippen LogP contribution in [0.5, 0.6) is 0 Å². The van der Waals surface area contributed by atoms with E-state index in [0.717, 1.165) is 5.82 Å². The van der Waals surface area contributed by atoms with Crippen LogP contribution in [0.2, 0.25) is 0 Å². The molecule has 0 spiro atoms. The van der Waals surface area contributed by atoms with Gasteiger partial charge in [-0.2, -0.15) is 5.10 Å². The molecule has 0 amide bonds. The van der Waals surface area contributed by atoms with Crippen LogP contribution in [0, 0.1) is 5.82 Å². The van der Waals surface area contributed by atoms with E-state index in [9.17, 15) is 4.39 Å². The number of nitrogens with two attached hydrogens (primary N) is 1. The molecule has 2 aromatic rings. The van der Waals surface area contributed by atoms with Crippen molar-refractivity contribution in [3.05, 3.63) is 41.7 Å². The number of aromatic nitrogens is 3. The van der Waals surface area contributed by atoms with Crippen molar-refractivity contribution in [2.75, 3.05) is 6.54 Å². The first-order valence-electron chi connectivity index (χ1n) is 6.03. The summed E-state index contributed by atoms with van der Waals surface area (Å²) in [5.74, 6) is 1.46. The summed E-state index contributed by atoms with van der Waals surface area (Å²) in [4.78, 5) is 4.45. The van der Waals surface area contributed by atoms with Gasteiger partial charge >= 0.3 is 0 Å². The van der Waals surface area contributed by atoms with Gasteiger partial charge in [0.2, 0.25) is 0 Å². The van der Waals surface area contributed by atoms with Crippen molar-refractivity contribution in [1.82, 2.24) is 14.8 Å². The number of nitrogens with zero attached hydrogens (tertiary/aromatic N) is 3. The van der Waals surface area contributed by atoms with Crippen molar-refractivity contribution in [3.63, 3.8) is 0 Å². The third-order valence-electron chi connectivity index (χ3n) is 2.61. The summed E-state index contributed by atoms with van der Waals surface area (Å²) in [6, 6.07) is 6.35. The minimum absolute atomic E-state index is 0.215. The molecule has 2 N–H and O–H groups in total. The Morgan fingerprint density at radius 2 is 2.17 bits per heavy atom. The van der Waals surface area contributed by atoms with Crippen LogP contribution in [-0.2, 0) is 6.42 Å². The smallest absolute Gasteiger partial charge is 0.152 e. The molecule has 0 bridgehead atoms. The van der Waals surface area contributed by atoms with Gasteiger partial charge in [0, 0.05) is 12.3 Å². The highest BCUT2D eigenvalue weighted by atomic mass is 19.1. The van der Waals surface area contributed by atoms with Gasteiger partial charge < -0.3 is 5.73 Å². The number of hydrogen-bond acceptors (Lipinski definition) is 3. The molecular formula is C13H17FN4. The first kappa shape index (κ1) is 12.7. The van der Waals surface area contributed by atoms with Gasteiger partial charge in [-0.1, -0.05) is 19.9 Å². The first-order chi connectivity index (χ1) is 8.61. The molecule has 18 heavy (non-hydrogen) atoms. The average molecular weight is 248 g/mol. The van der Waals surface area contributed by atoms with Gasteiger partial charge in [-0.3, -0.25) is 0 Å². The Labute approximate surface area is 106 Å². The highest BCUT2D eigenvalue weighted by Crippen LogP contribution is 2.18. The van der Waals surface area contributed by atoms with E-state index in [1.54, 1.807) is 10.7 Å². The lowest BCUT2D eigenvalue weighted by molar-refractivity contribution is 0.623. The maximum Gasteiger partial charge on any atom is 0.152 e. The quantitative estimate of drug-likeness (QED) is 0.900. The first-order valence-corrected chi connectivity index (χ1v) is 6.03. The minimum atomic E-state index is -0.280. The SMILES string of the molecule is CC(C)c1nc(CCN)nn1-c1cccc(F)c1. The molecule has 96 valence electrons. The summed E-state index contributed by atoms with van der Waals surface area (Å²) in [5, 5.41) is 4.39. The van der Waals surface area contributed by atoms with Crippen molar-refractivity contribution < 1.29 is 4.39 Å². The fourth-order valence-corrected chi connectivity index (χ4v) is 1.78. The molecule has 1 aromatic carbocycles. The zero-order valence-electron chi connectivity index (χ0n) is 10.6. The summed E-state index contributed by atoms with van der Waals surface area (Å²) in [6.45, 7) is 4.57. The molecule has 1 aromatic heterocycles. The normalized spacial score (nSPS) is 11.2. The van der Waals surface area contributed by atoms with Crippen molar-refractivity contribution in [1.29, 1.82) is 0 Å². The predicted octanol–water partition coefficient (Wildman–Crippen LogP) is 2.03. The molecule has 5 heteroatoms. The third-order valence-corrected chi connectivity index (χ3v) is 2.61. The summed E-state index contributed by atoms with van der Waals surface area (Å²) < 4.78 is 15.0. The number of halogens is 1. The minimum Gasteiger partial charge on any atom is -0.330 e. The van der Waals surface area contributed by atoms with Crippen LogP contribution in [-0.4, -0.2) is 21.3 Å². The van der Waals surface area contributed by atoms with Crippen molar-refractivity contribution >= 4 is 0 Å². The molecule has 1 heterocycles. The van der Waals surface area contributed by atoms with Crippen molar-refractivity contribution in [3.8, 4) is 5.69 Å². The van der Waals surface area contributed by atoms with E-state index in [0.29, 0.717) is 24.5 Å². The predicted molar refractivity (Wildman–Crippen MR) is 68.2 cm³/mol. The molecule has 0 saturated carbocycles. The van der Waals surface area contributed by atoms with Gasteiger partial charge in [0.15, 0.2) is 5.82 Å². The van der Waals surface area contributed by atoms with E-state index in [-0.39, 0.29) is 11.7 Å². The van der Waals surface area contributed by atoms with Crippen molar-refractivity contribution in [2.24, 2.45) is 5.73 Å². The molecule has 0 aliphatic carbocycles. The number of hydrogen-bond donors (Lipinski definition) is 1. The fourth-order valence-electron chi connectivity index (χ4n) is 1.78. The molecule has 0 aliphatic rings. The second-order valence-electron chi connectivity index (χ2n) is 4.47. The molecular weight excluding hydrogens is 231 g/mol. The van der Waals surface area contributed by atoms with Gasteiger partial charge in [-0.25, -0.2) is 14.1 Å². The molecule has 4 nitrogen and oxygen atoms in total. The Kier molecular flexibility index (Phi) is 3.72. The molecule has 0 unspecified atom stereocenters. The van der Waals surface area contributed by atoms with Gasteiger partial charge in [-0.05, 0) is 24.7 Å². The largest absolute Gasteiger partial charge is 0.330 e. The van der Waals surface area contributed by atoms with Crippen LogP contribution in [0.25, 0.3) is 5.69 Å². The maximum atomic E-state index is 13.3. The van der Waals surface area contributed by atoms with E-state index in [4.69, 9.17) is 5.73 Å². The fraction of sp³-hybridized carbons (Fsp3) is 0.385. The topological polar surface area (TPSA) is 56.7 Å². The third kappa shape index (κ3) is 2.56. The van der Waals surface area contributed by atoms with Gasteiger partial charge in [0.1, 0.15) is 11.6 Å². The Morgan fingerprint density at radius 3 is 2.78 bits per heavy atom. The monoisotopic (exact) mass is 248 g/mol. The average Bonchev–Trinajstić information content (AvgIpc) is 2.74. The van der Waals surface area contributed by atoms with E-state index < -0.39 is 0 Å². The highest BCUT2D eigenvalue weighted by molar-refractivity contribution is 5.32. The van der Waals surface area contributed by atoms with Crippen molar-refractivity contribution in [2.45, 2.75) is 26.2 Å². The Morgan fingerprint density at radius 1 is 1.39 bits per heavy atom. The van der Waals surface area contributed by atoms with Gasteiger partial charge in [0.05, 0.1) is 5.69 Å². The Balaban J connectivity index is 2.48. The molecule has 0 aliphatic heterocycles. The number of benzene rings is 1. The number of rotatable bonds is 4. The van der Waals surface area contributed by atoms with E-state index in [1.807, 2.05) is 19.9 Å². The molecule has 0 fully saturated rings. The summed E-state index contributed by atoms with van der Waals surface area (Å²) in [7, 11) is 0. The standard InChI is InChI=1S/C13H17FN4/c1-9(2)13-16-12(6-7-15)17-18(13)11-5-3-4-10(14)8-11/h3-5,8-9H,6-7,15H2,1-2H3. The van der Waals surface area contributed by atoms with E-state index >= 15 is 0 Å². The molecule has 0 radical (unpaired) electrons. The summed E-state index contributed by atoms with van der Waals surface area (Å²) >= 11 is 0. The van der Waals surface area contributed by atoms with Crippen LogP contribution in [0.1, 0.15) is 31.4 Å². The lowest BCUT2D eigenvalue weighted by Crippen LogP contribution is -2.05. The van der Waals surface area contributed by atoms with E-state index in [1.165, 1.54) is 12.1 Å². The highest BCUT2D eigenvalue weighted by Gasteiger charge is 2.14. The van der Waals surface area contributed by atoms with Crippen LogP contribution in [0.3, 0.4) is 0 Å². The second-order valence-corrected chi connectivity index (χ2v) is 4.47. The van der Waals surface area contributed by atoms with Crippen LogP contribution in [0.4, 0.5) is 4.39 Å². The lowest BCUT2D eigenvalue weighted by Gasteiger charge is -2.07. The lowest BCUT2D eigenvalue weighted by atomic mass is 10.2. The summed E-state index contributed by atoms with van der Waals surface area (Å²) in [5.41, 5.74) is 6.20. The second kappa shape index (κ2) is 5.27. The Hall–Kier alpha value is -1.75. The van der Waals surface area contributed by atoms with Gasteiger partial charge in [-0.15, -0.1) is 0 Å². The molecule has 2 rings (SSSR count). The van der Waals surface area contributed by atoms with Crippen LogP contribution < -0.4 is 5.73 Å². The Bertz CT molecular complexity index is 534. The van der Waals surface area contributed by atoms with Gasteiger partial charge in [0.25, 0.3) is 0 Å². The maximum absolute atomic E-state index is 13.3. The summed E-state index contributed by atoms with van der Waals surface area (Å²) in [6.07, 6.45) is 0.627. The zero-order chi connectivity index (χ0) is 13.1. The zero-order valence-corrected chi connectivity index (χ0v) is 10.6. The van der Waals surface area contributed by atoms with Crippen LogP contribution in [0.15, 0.2) is 24.3 Å².